The summed E-state index contributed by atoms with van der Waals surface area (Å²) in [7, 11) is -3.82. The minimum atomic E-state index is -3.82. The Labute approximate surface area is 210 Å². The van der Waals surface area contributed by atoms with Gasteiger partial charge in [-0.2, -0.15) is 0 Å². The van der Waals surface area contributed by atoms with Crippen LogP contribution in [0.5, 0.6) is 11.5 Å². The predicted octanol–water partition coefficient (Wildman–Crippen LogP) is 3.80. The normalized spacial score (nSPS) is 14.6. The van der Waals surface area contributed by atoms with Crippen molar-refractivity contribution in [1.29, 1.82) is 0 Å². The zero-order chi connectivity index (χ0) is 25.4. The number of ether oxygens (including phenoxy) is 2. The van der Waals surface area contributed by atoms with E-state index in [0.29, 0.717) is 6.61 Å². The third kappa shape index (κ3) is 6.94. The highest BCUT2D eigenvalue weighted by molar-refractivity contribution is 7.92. The van der Waals surface area contributed by atoms with E-state index in [1.807, 2.05) is 24.3 Å². The fourth-order valence-corrected chi connectivity index (χ4v) is 4.74. The van der Waals surface area contributed by atoms with Gasteiger partial charge < -0.3 is 14.6 Å². The molecule has 0 saturated carbocycles. The summed E-state index contributed by atoms with van der Waals surface area (Å²) in [5.74, 6) is 0.0400. The van der Waals surface area contributed by atoms with Crippen LogP contribution in [-0.2, 0) is 14.8 Å². The first-order valence-electron chi connectivity index (χ1n) is 11.6. The number of nitrogens with one attached hydrogen (secondary N) is 1. The summed E-state index contributed by atoms with van der Waals surface area (Å²) in [5.41, 5.74) is 0.943. The van der Waals surface area contributed by atoms with Gasteiger partial charge in [0, 0.05) is 25.3 Å². The first-order chi connectivity index (χ1) is 17.4. The molecule has 1 aliphatic heterocycles. The molecule has 1 aliphatic rings. The maximum atomic E-state index is 12.7. The van der Waals surface area contributed by atoms with Crippen LogP contribution in [0.25, 0.3) is 6.08 Å². The monoisotopic (exact) mass is 508 g/mol. The minimum absolute atomic E-state index is 0.0115. The van der Waals surface area contributed by atoms with Crippen molar-refractivity contribution in [2.24, 2.45) is 0 Å². The summed E-state index contributed by atoms with van der Waals surface area (Å²) in [5, 5.41) is 10.2. The molecule has 1 fully saturated rings. The summed E-state index contributed by atoms with van der Waals surface area (Å²) < 4.78 is 38.7. The third-order valence-corrected chi connectivity index (χ3v) is 7.05. The molecule has 0 radical (unpaired) electrons. The second-order valence-electron chi connectivity index (χ2n) is 8.22. The van der Waals surface area contributed by atoms with Gasteiger partial charge in [0.1, 0.15) is 18.1 Å². The smallest absolute Gasteiger partial charge is 0.261 e. The van der Waals surface area contributed by atoms with Crippen molar-refractivity contribution in [2.45, 2.75) is 4.90 Å². The number of ketones is 1. The number of aromatic hydroxyl groups is 1. The van der Waals surface area contributed by atoms with Gasteiger partial charge in [0.15, 0.2) is 5.78 Å². The number of hydrogen-bond donors (Lipinski definition) is 2. The third-order valence-electron chi connectivity index (χ3n) is 5.65. The Kier molecular flexibility index (Phi) is 8.37. The Morgan fingerprint density at radius 2 is 1.75 bits per heavy atom. The van der Waals surface area contributed by atoms with Crippen LogP contribution in [0.4, 0.5) is 5.69 Å². The summed E-state index contributed by atoms with van der Waals surface area (Å²) in [4.78, 5) is 15.1. The number of nitrogens with zero attached hydrogens (tertiary/aromatic N) is 1. The van der Waals surface area contributed by atoms with Crippen molar-refractivity contribution in [3.63, 3.8) is 0 Å². The molecule has 3 aromatic carbocycles. The van der Waals surface area contributed by atoms with Gasteiger partial charge in [-0.15, -0.1) is 0 Å². The van der Waals surface area contributed by atoms with Crippen molar-refractivity contribution >= 4 is 27.6 Å². The summed E-state index contributed by atoms with van der Waals surface area (Å²) >= 11 is 0. The van der Waals surface area contributed by atoms with Crippen LogP contribution in [0, 0.1) is 0 Å². The summed E-state index contributed by atoms with van der Waals surface area (Å²) in [6.07, 6.45) is 2.96. The molecule has 0 amide bonds. The van der Waals surface area contributed by atoms with Crippen LogP contribution in [0.2, 0.25) is 0 Å². The van der Waals surface area contributed by atoms with E-state index in [9.17, 15) is 18.3 Å². The van der Waals surface area contributed by atoms with E-state index >= 15 is 0 Å². The molecule has 8 nitrogen and oxygen atoms in total. The standard InChI is InChI=1S/C27H28N2O6S/c30-26(12-8-21-6-10-23(11-7-21)35-19-16-29-14-17-34-18-15-29)25-20-22(9-13-27(25)31)28-36(32,33)24-4-2-1-3-5-24/h1-13,20,28,31H,14-19H2/b12-8+. The van der Waals surface area contributed by atoms with Gasteiger partial charge in [0.05, 0.1) is 23.7 Å². The molecule has 9 heteroatoms. The second kappa shape index (κ2) is 11.9. The molecule has 0 aliphatic carbocycles. The number of sulfonamides is 1. The molecule has 4 rings (SSSR count). The van der Waals surface area contributed by atoms with Gasteiger partial charge in [-0.3, -0.25) is 14.4 Å². The van der Waals surface area contributed by atoms with Crippen LogP contribution < -0.4 is 9.46 Å². The zero-order valence-corrected chi connectivity index (χ0v) is 20.5. The Bertz CT molecular complexity index is 1300. The fraction of sp³-hybridized carbons (Fsp3) is 0.222. The molecule has 0 spiro atoms. The Balaban J connectivity index is 1.36. The first-order valence-corrected chi connectivity index (χ1v) is 13.1. The van der Waals surface area contributed by atoms with Gasteiger partial charge in [-0.1, -0.05) is 36.4 Å². The number of carbonyl (C=O) groups excluding carboxylic acids is 1. The predicted molar refractivity (Wildman–Crippen MR) is 138 cm³/mol. The Morgan fingerprint density at radius 3 is 2.47 bits per heavy atom. The number of benzene rings is 3. The lowest BCUT2D eigenvalue weighted by Gasteiger charge is -2.26. The quantitative estimate of drug-likeness (QED) is 0.244. The molecule has 188 valence electrons. The number of phenols is 1. The van der Waals surface area contributed by atoms with Crippen LogP contribution in [-0.4, -0.2) is 63.7 Å². The minimum Gasteiger partial charge on any atom is -0.507 e. The highest BCUT2D eigenvalue weighted by Gasteiger charge is 2.16. The van der Waals surface area contributed by atoms with E-state index in [-0.39, 0.29) is 21.9 Å². The summed E-state index contributed by atoms with van der Waals surface area (Å²) in [6.45, 7) is 4.76. The molecule has 1 saturated heterocycles. The zero-order valence-electron chi connectivity index (χ0n) is 19.7. The van der Waals surface area contributed by atoms with Gasteiger partial charge in [-0.05, 0) is 54.1 Å². The molecule has 36 heavy (non-hydrogen) atoms. The SMILES string of the molecule is O=C(/C=C/c1ccc(OCCN2CCOCC2)cc1)c1cc(NS(=O)(=O)c2ccccc2)ccc1O. The Morgan fingerprint density at radius 1 is 1.03 bits per heavy atom. The molecule has 0 unspecified atom stereocenters. The number of phenolic OH excluding ortho intramolecular Hbond substituents is 1. The van der Waals surface area contributed by atoms with Crippen LogP contribution in [0.1, 0.15) is 15.9 Å². The van der Waals surface area contributed by atoms with Crippen molar-refractivity contribution in [1.82, 2.24) is 4.90 Å². The van der Waals surface area contributed by atoms with Gasteiger partial charge in [0.25, 0.3) is 10.0 Å². The molecule has 0 bridgehead atoms. The topological polar surface area (TPSA) is 105 Å². The van der Waals surface area contributed by atoms with Gasteiger partial charge in [-0.25, -0.2) is 8.42 Å². The van der Waals surface area contributed by atoms with E-state index in [2.05, 4.69) is 9.62 Å². The lowest BCUT2D eigenvalue weighted by molar-refractivity contribution is 0.0322. The van der Waals surface area contributed by atoms with Gasteiger partial charge in [0.2, 0.25) is 0 Å². The van der Waals surface area contributed by atoms with Crippen molar-refractivity contribution in [3.05, 3.63) is 90.0 Å². The van der Waals surface area contributed by atoms with E-state index in [4.69, 9.17) is 9.47 Å². The van der Waals surface area contributed by atoms with Crippen LogP contribution in [0.3, 0.4) is 0 Å². The van der Waals surface area contributed by atoms with E-state index in [0.717, 1.165) is 44.2 Å². The molecule has 2 N–H and O–H groups in total. The largest absolute Gasteiger partial charge is 0.507 e. The van der Waals surface area contributed by atoms with Crippen LogP contribution in [0.15, 0.2) is 83.8 Å². The van der Waals surface area contributed by atoms with E-state index in [1.54, 1.807) is 24.3 Å². The van der Waals surface area contributed by atoms with Crippen LogP contribution >= 0.6 is 0 Å². The van der Waals surface area contributed by atoms with Crippen molar-refractivity contribution in [3.8, 4) is 11.5 Å². The fourth-order valence-electron chi connectivity index (χ4n) is 3.66. The molecule has 0 atom stereocenters. The lowest BCUT2D eigenvalue weighted by Crippen LogP contribution is -2.38. The average molecular weight is 509 g/mol. The van der Waals surface area contributed by atoms with Crippen molar-refractivity contribution in [2.75, 3.05) is 44.2 Å². The molecular formula is C27H28N2O6S. The lowest BCUT2D eigenvalue weighted by atomic mass is 10.1. The average Bonchev–Trinajstić information content (AvgIpc) is 2.90. The van der Waals surface area contributed by atoms with E-state index in [1.165, 1.54) is 36.4 Å². The van der Waals surface area contributed by atoms with Gasteiger partial charge >= 0.3 is 0 Å². The maximum absolute atomic E-state index is 12.7. The first kappa shape index (κ1) is 25.4. The Hall–Kier alpha value is -3.66. The number of allylic oxidation sites excluding steroid dienone is 1. The molecule has 3 aromatic rings. The van der Waals surface area contributed by atoms with Crippen molar-refractivity contribution < 1.29 is 27.8 Å². The number of morpholine rings is 1. The molecule has 0 aromatic heterocycles. The highest BCUT2D eigenvalue weighted by Crippen LogP contribution is 2.25. The number of hydrogen-bond acceptors (Lipinski definition) is 7. The molecule has 1 heterocycles. The number of rotatable bonds is 10. The highest BCUT2D eigenvalue weighted by atomic mass is 32.2. The number of carbonyl (C=O) groups is 1. The second-order valence-corrected chi connectivity index (χ2v) is 9.90. The maximum Gasteiger partial charge on any atom is 0.261 e. The molecular weight excluding hydrogens is 480 g/mol. The van der Waals surface area contributed by atoms with E-state index < -0.39 is 15.8 Å². The number of anilines is 1. The summed E-state index contributed by atoms with van der Waals surface area (Å²) in [6, 6.07) is 19.2.